The quantitative estimate of drug-likeness (QED) is 0.178. The maximum absolute atomic E-state index is 13.4. The molecule has 7 rings (SSSR count). The number of urea groups is 1. The molecule has 53 heavy (non-hydrogen) atoms. The van der Waals surface area contributed by atoms with E-state index >= 15 is 0 Å². The standard InChI is InChI=1S/C39H44F3N7O4/c1-46(23-25-5-9-30(10-6-25)48-20-17-35(51)44-38(48)53)29-15-18-47(19-16-29)32-13-14-33-34(22-32)49(31-11-7-26(24-50)8-12-31)37(43-33)45-36(52)27-3-2-4-28(21-27)39(40,41)42/h2-6,9-10,13-14,21-22,26,29,31,50H,7-8,11-12,15-20,23-24H2,1H3,(H,43,45,52)(H,44,51,53). The topological polar surface area (TPSA) is 123 Å². The van der Waals surface area contributed by atoms with Gasteiger partial charge >= 0.3 is 12.2 Å². The Labute approximate surface area is 305 Å². The van der Waals surface area contributed by atoms with Gasteiger partial charge in [-0.2, -0.15) is 13.2 Å². The third-order valence-electron chi connectivity index (χ3n) is 11.0. The molecule has 0 radical (unpaired) electrons. The number of imidazole rings is 1. The van der Waals surface area contributed by atoms with Crippen LogP contribution >= 0.6 is 0 Å². The van der Waals surface area contributed by atoms with Crippen molar-refractivity contribution < 1.29 is 32.7 Å². The lowest BCUT2D eigenvalue weighted by Crippen LogP contribution is -2.49. The molecule has 11 nitrogen and oxygen atoms in total. The largest absolute Gasteiger partial charge is 0.416 e. The van der Waals surface area contributed by atoms with Crippen molar-refractivity contribution in [2.45, 2.75) is 69.8 Å². The lowest BCUT2D eigenvalue weighted by atomic mass is 9.86. The van der Waals surface area contributed by atoms with E-state index in [4.69, 9.17) is 4.98 Å². The summed E-state index contributed by atoms with van der Waals surface area (Å²) in [6.07, 6.45) is 0.833. The monoisotopic (exact) mass is 731 g/mol. The number of nitrogens with zero attached hydrogens (tertiary/aromatic N) is 5. The van der Waals surface area contributed by atoms with E-state index in [2.05, 4.69) is 33.5 Å². The fourth-order valence-corrected chi connectivity index (χ4v) is 7.91. The first-order valence-corrected chi connectivity index (χ1v) is 18.2. The average Bonchev–Trinajstić information content (AvgIpc) is 3.52. The fraction of sp³-hybridized carbons (Fsp3) is 0.436. The molecular formula is C39H44F3N7O4. The first-order valence-electron chi connectivity index (χ1n) is 18.2. The van der Waals surface area contributed by atoms with E-state index in [0.29, 0.717) is 24.1 Å². The van der Waals surface area contributed by atoms with Crippen LogP contribution in [0.2, 0.25) is 0 Å². The number of aromatic nitrogens is 2. The smallest absolute Gasteiger partial charge is 0.396 e. The maximum Gasteiger partial charge on any atom is 0.416 e. The number of imide groups is 1. The number of aliphatic hydroxyl groups excluding tert-OH is 1. The van der Waals surface area contributed by atoms with Gasteiger partial charge in [0.2, 0.25) is 11.9 Å². The van der Waals surface area contributed by atoms with Crippen molar-refractivity contribution in [3.05, 3.63) is 83.4 Å². The summed E-state index contributed by atoms with van der Waals surface area (Å²) in [6, 6.07) is 18.3. The van der Waals surface area contributed by atoms with Crippen LogP contribution in [0.4, 0.5) is 35.3 Å². The predicted molar refractivity (Wildman–Crippen MR) is 196 cm³/mol. The Kier molecular flexibility index (Phi) is 10.4. The number of halogens is 3. The van der Waals surface area contributed by atoms with Gasteiger partial charge in [0.05, 0.1) is 16.6 Å². The Hall–Kier alpha value is -4.95. The van der Waals surface area contributed by atoms with Crippen molar-refractivity contribution in [3.8, 4) is 0 Å². The summed E-state index contributed by atoms with van der Waals surface area (Å²) in [6.45, 7) is 2.94. The van der Waals surface area contributed by atoms with Crippen LogP contribution < -0.4 is 20.4 Å². The minimum Gasteiger partial charge on any atom is -0.396 e. The van der Waals surface area contributed by atoms with Gasteiger partial charge in [0.25, 0.3) is 5.91 Å². The molecule has 1 aliphatic carbocycles. The van der Waals surface area contributed by atoms with Gasteiger partial charge in [-0.05, 0) is 106 Å². The van der Waals surface area contributed by atoms with Gasteiger partial charge in [0.15, 0.2) is 0 Å². The SMILES string of the molecule is CN(Cc1ccc(N2CCC(=O)NC2=O)cc1)C1CCN(c2ccc3nc(NC(=O)c4cccc(C(F)(F)F)c4)n(C4CCC(CO)CC4)c3c2)CC1. The number of rotatable bonds is 9. The van der Waals surface area contributed by atoms with Crippen LogP contribution in [0.25, 0.3) is 11.0 Å². The van der Waals surface area contributed by atoms with Crippen molar-refractivity contribution in [1.29, 1.82) is 0 Å². The van der Waals surface area contributed by atoms with E-state index < -0.39 is 23.7 Å². The second kappa shape index (κ2) is 15.2. The van der Waals surface area contributed by atoms with Gasteiger partial charge in [0, 0.05) is 68.2 Å². The summed E-state index contributed by atoms with van der Waals surface area (Å²) in [5.41, 5.74) is 3.49. The highest BCUT2D eigenvalue weighted by Gasteiger charge is 2.32. The normalized spacial score (nSPS) is 20.3. The van der Waals surface area contributed by atoms with Gasteiger partial charge < -0.3 is 14.6 Å². The Morgan fingerprint density at radius 2 is 1.66 bits per heavy atom. The van der Waals surface area contributed by atoms with E-state index in [1.807, 2.05) is 41.0 Å². The van der Waals surface area contributed by atoms with Gasteiger partial charge in [-0.25, -0.2) is 9.78 Å². The number of piperidine rings is 1. The van der Waals surface area contributed by atoms with Crippen molar-refractivity contribution in [1.82, 2.24) is 19.8 Å². The number of carbonyl (C=O) groups excluding carboxylic acids is 3. The number of anilines is 3. The van der Waals surface area contributed by atoms with Crippen molar-refractivity contribution >= 4 is 46.2 Å². The Balaban J connectivity index is 1.04. The summed E-state index contributed by atoms with van der Waals surface area (Å²) < 4.78 is 42.2. The van der Waals surface area contributed by atoms with Crippen molar-refractivity contribution in [2.75, 3.05) is 48.4 Å². The predicted octanol–water partition coefficient (Wildman–Crippen LogP) is 6.58. The zero-order valence-electron chi connectivity index (χ0n) is 29.6. The number of hydrogen-bond acceptors (Lipinski definition) is 7. The van der Waals surface area contributed by atoms with Crippen LogP contribution in [0.1, 0.15) is 72.5 Å². The third kappa shape index (κ3) is 8.03. The summed E-state index contributed by atoms with van der Waals surface area (Å²) in [4.78, 5) is 48.1. The highest BCUT2D eigenvalue weighted by atomic mass is 19.4. The maximum atomic E-state index is 13.4. The molecule has 0 atom stereocenters. The van der Waals surface area contributed by atoms with Gasteiger partial charge in [0.1, 0.15) is 0 Å². The number of amides is 4. The third-order valence-corrected chi connectivity index (χ3v) is 11.0. The van der Waals surface area contributed by atoms with E-state index in [0.717, 1.165) is 92.7 Å². The molecule has 2 saturated heterocycles. The molecule has 1 aromatic heterocycles. The first kappa shape index (κ1) is 36.4. The number of hydrogen-bond donors (Lipinski definition) is 3. The molecule has 1 saturated carbocycles. The number of nitrogens with one attached hydrogen (secondary N) is 2. The number of fused-ring (bicyclic) bond motifs is 1. The molecule has 0 bridgehead atoms. The summed E-state index contributed by atoms with van der Waals surface area (Å²) in [5.74, 6) is -0.399. The average molecular weight is 732 g/mol. The minimum absolute atomic E-state index is 0.00419. The number of aliphatic hydroxyl groups is 1. The molecule has 3 aromatic carbocycles. The van der Waals surface area contributed by atoms with E-state index in [1.165, 1.54) is 12.1 Å². The molecule has 3 aliphatic rings. The van der Waals surface area contributed by atoms with Crippen LogP contribution in [0.3, 0.4) is 0 Å². The Bertz CT molecular complexity index is 1970. The number of benzene rings is 3. The zero-order chi connectivity index (χ0) is 37.3. The molecule has 3 fully saturated rings. The van der Waals surface area contributed by atoms with Crippen molar-refractivity contribution in [3.63, 3.8) is 0 Å². The van der Waals surface area contributed by atoms with E-state index in [9.17, 15) is 32.7 Å². The molecule has 14 heteroatoms. The fourth-order valence-electron chi connectivity index (χ4n) is 7.91. The molecule has 2 aliphatic heterocycles. The highest BCUT2D eigenvalue weighted by molar-refractivity contribution is 6.06. The molecule has 4 aromatic rings. The van der Waals surface area contributed by atoms with Crippen LogP contribution in [0.15, 0.2) is 66.7 Å². The molecule has 280 valence electrons. The lowest BCUT2D eigenvalue weighted by molar-refractivity contribution is -0.137. The lowest BCUT2D eigenvalue weighted by Gasteiger charge is -2.38. The zero-order valence-corrected chi connectivity index (χ0v) is 29.6. The van der Waals surface area contributed by atoms with Crippen LogP contribution in [-0.2, 0) is 17.5 Å². The molecule has 4 amide bonds. The first-order chi connectivity index (χ1) is 25.5. The second-order valence-corrected chi connectivity index (χ2v) is 14.4. The second-order valence-electron chi connectivity index (χ2n) is 14.4. The van der Waals surface area contributed by atoms with Gasteiger partial charge in [-0.15, -0.1) is 0 Å². The van der Waals surface area contributed by atoms with Gasteiger partial charge in [-0.3, -0.25) is 30.0 Å². The van der Waals surface area contributed by atoms with Crippen molar-refractivity contribution in [2.24, 2.45) is 5.92 Å². The summed E-state index contributed by atoms with van der Waals surface area (Å²) >= 11 is 0. The highest BCUT2D eigenvalue weighted by Crippen LogP contribution is 2.38. The van der Waals surface area contributed by atoms with Crippen LogP contribution in [0, 0.1) is 5.92 Å². The number of alkyl halides is 3. The van der Waals surface area contributed by atoms with E-state index in [-0.39, 0.29) is 36.5 Å². The molecule has 0 unspecified atom stereocenters. The molecule has 0 spiro atoms. The van der Waals surface area contributed by atoms with E-state index in [1.54, 1.807) is 4.90 Å². The van der Waals surface area contributed by atoms with Crippen LogP contribution in [0.5, 0.6) is 0 Å². The molecular weight excluding hydrogens is 687 g/mol. The van der Waals surface area contributed by atoms with Gasteiger partial charge in [-0.1, -0.05) is 18.2 Å². The summed E-state index contributed by atoms with van der Waals surface area (Å²) in [5, 5.41) is 14.9. The Morgan fingerprint density at radius 3 is 2.34 bits per heavy atom. The minimum atomic E-state index is -4.57. The summed E-state index contributed by atoms with van der Waals surface area (Å²) in [7, 11) is 2.13. The molecule has 3 heterocycles. The number of carbonyl (C=O) groups is 3. The van der Waals surface area contributed by atoms with Crippen LogP contribution in [-0.4, -0.2) is 76.7 Å². The molecule has 3 N–H and O–H groups in total. The Morgan fingerprint density at radius 1 is 0.943 bits per heavy atom.